The van der Waals surface area contributed by atoms with Crippen LogP contribution in [0, 0.1) is 25.2 Å². The smallest absolute Gasteiger partial charge is 0.191 e. The minimum absolute atomic E-state index is 0.00131. The van der Waals surface area contributed by atoms with Crippen LogP contribution in [0.1, 0.15) is 72.9 Å². The Kier molecular flexibility index (Phi) is 15.0. The number of benzene rings is 4. The molecule has 5 aromatic rings. The zero-order valence-corrected chi connectivity index (χ0v) is 34.0. The van der Waals surface area contributed by atoms with E-state index in [2.05, 4.69) is 78.7 Å². The second-order valence-electron chi connectivity index (χ2n) is 14.2. The molecular weight excluding hydrogens is 738 g/mol. The minimum Gasteiger partial charge on any atom is -0.488 e. The van der Waals surface area contributed by atoms with E-state index >= 15 is 0 Å². The van der Waals surface area contributed by atoms with Crippen LogP contribution >= 0.6 is 11.6 Å². The van der Waals surface area contributed by atoms with Crippen molar-refractivity contribution in [1.29, 1.82) is 5.26 Å². The van der Waals surface area contributed by atoms with Crippen LogP contribution < -0.4 is 19.5 Å². The highest BCUT2D eigenvalue weighted by Crippen LogP contribution is 2.37. The first-order valence-electron chi connectivity index (χ1n) is 19.8. The van der Waals surface area contributed by atoms with Gasteiger partial charge in [0.2, 0.25) is 0 Å². The van der Waals surface area contributed by atoms with E-state index in [4.69, 9.17) is 35.3 Å². The number of nitriles is 1. The summed E-state index contributed by atoms with van der Waals surface area (Å²) >= 11 is 6.89. The van der Waals surface area contributed by atoms with Gasteiger partial charge in [0.25, 0.3) is 0 Å². The molecule has 0 bridgehead atoms. The molecule has 0 aliphatic heterocycles. The number of halogens is 1. The van der Waals surface area contributed by atoms with Gasteiger partial charge in [-0.05, 0) is 104 Å². The summed E-state index contributed by atoms with van der Waals surface area (Å²) in [5, 5.41) is 23.9. The molecule has 1 aliphatic carbocycles. The molecule has 1 aliphatic rings. The third kappa shape index (κ3) is 10.9. The lowest BCUT2D eigenvalue weighted by molar-refractivity contribution is -0.152. The van der Waals surface area contributed by atoms with Crippen LogP contribution in [0.4, 0.5) is 0 Å². The number of nitrogens with one attached hydrogen (secondary N) is 1. The quantitative estimate of drug-likeness (QED) is 0.0838. The first-order chi connectivity index (χ1) is 27.8. The minimum atomic E-state index is -0.417. The summed E-state index contributed by atoms with van der Waals surface area (Å²) in [6, 6.07) is 28.4. The molecule has 9 nitrogen and oxygen atoms in total. The summed E-state index contributed by atoms with van der Waals surface area (Å²) in [6.07, 6.45) is 6.22. The zero-order valence-electron chi connectivity index (χ0n) is 33.2. The fourth-order valence-electron chi connectivity index (χ4n) is 7.30. The molecule has 0 spiro atoms. The van der Waals surface area contributed by atoms with Crippen molar-refractivity contribution < 1.29 is 28.8 Å². The largest absolute Gasteiger partial charge is 0.488 e. The van der Waals surface area contributed by atoms with Gasteiger partial charge in [0.15, 0.2) is 6.29 Å². The van der Waals surface area contributed by atoms with Gasteiger partial charge in [-0.2, -0.15) is 5.26 Å². The Morgan fingerprint density at radius 1 is 0.807 bits per heavy atom. The second kappa shape index (κ2) is 20.5. The Hall–Kier alpha value is -4.95. The highest BCUT2D eigenvalue weighted by Gasteiger charge is 2.23. The van der Waals surface area contributed by atoms with Gasteiger partial charge in [0.1, 0.15) is 43.1 Å². The lowest BCUT2D eigenvalue weighted by Gasteiger charge is -2.29. The summed E-state index contributed by atoms with van der Waals surface area (Å²) in [5.41, 5.74) is 9.81. The summed E-state index contributed by atoms with van der Waals surface area (Å²) < 4.78 is 30.2. The maximum Gasteiger partial charge on any atom is 0.191 e. The van der Waals surface area contributed by atoms with Crippen LogP contribution in [0.2, 0.25) is 5.02 Å². The number of hydrogen-bond acceptors (Lipinski definition) is 9. The van der Waals surface area contributed by atoms with Crippen molar-refractivity contribution in [2.24, 2.45) is 0 Å². The molecule has 1 fully saturated rings. The molecule has 2 atom stereocenters. The van der Waals surface area contributed by atoms with Crippen LogP contribution in [0.25, 0.3) is 22.3 Å². The van der Waals surface area contributed by atoms with E-state index < -0.39 is 6.29 Å². The van der Waals surface area contributed by atoms with E-state index in [9.17, 15) is 10.4 Å². The average Bonchev–Trinajstić information content (AvgIpc) is 3.22. The maximum atomic E-state index is 10.6. The summed E-state index contributed by atoms with van der Waals surface area (Å²) in [4.78, 5) is 4.18. The van der Waals surface area contributed by atoms with E-state index in [0.717, 1.165) is 81.5 Å². The van der Waals surface area contributed by atoms with Gasteiger partial charge in [0, 0.05) is 55.4 Å². The second-order valence-corrected chi connectivity index (χ2v) is 14.7. The predicted molar refractivity (Wildman–Crippen MR) is 223 cm³/mol. The number of ether oxygens (including phenoxy) is 5. The maximum absolute atomic E-state index is 10.6. The first kappa shape index (κ1) is 41.7. The van der Waals surface area contributed by atoms with Crippen LogP contribution in [-0.4, -0.2) is 48.3 Å². The molecule has 57 heavy (non-hydrogen) atoms. The highest BCUT2D eigenvalue weighted by atomic mass is 35.5. The Bertz CT molecular complexity index is 2150. The van der Waals surface area contributed by atoms with Gasteiger partial charge < -0.3 is 34.1 Å². The van der Waals surface area contributed by atoms with Gasteiger partial charge in [-0.3, -0.25) is 4.98 Å². The van der Waals surface area contributed by atoms with Gasteiger partial charge in [0.05, 0.1) is 16.7 Å². The molecule has 1 aromatic heterocycles. The first-order valence-corrected chi connectivity index (χ1v) is 20.1. The van der Waals surface area contributed by atoms with Crippen molar-refractivity contribution in [1.82, 2.24) is 10.3 Å². The molecule has 0 unspecified atom stereocenters. The normalized spacial score (nSPS) is 15.3. The van der Waals surface area contributed by atoms with E-state index in [1.165, 1.54) is 6.20 Å². The lowest BCUT2D eigenvalue weighted by Crippen LogP contribution is -2.41. The Labute approximate surface area is 341 Å². The summed E-state index contributed by atoms with van der Waals surface area (Å²) in [7, 11) is 0. The van der Waals surface area contributed by atoms with Gasteiger partial charge in [-0.25, -0.2) is 0 Å². The standard InChI is InChI=1S/C47H52ClN3O6/c1-5-53-47(54-6-2)30-55-38-14-9-12-35(21-38)39-15-11-17-41(32(39)4)40-16-10-13-36(31(40)3)29-57-46-23-45(56-28-34-20-33(24-49)25-50-26-34)37(22-42(46)48)27-51-43-18-7-8-19-44(43)52/h9-17,20-23,25-26,43-44,47,51-52H,5-8,18-19,27-30H2,1-4H3/t43-,44-/m0/s1. The third-order valence-electron chi connectivity index (χ3n) is 10.4. The number of aromatic nitrogens is 1. The van der Waals surface area contributed by atoms with E-state index in [-0.39, 0.29) is 18.8 Å². The van der Waals surface area contributed by atoms with Crippen molar-refractivity contribution in [3.05, 3.63) is 130 Å². The molecule has 0 radical (unpaired) electrons. The third-order valence-corrected chi connectivity index (χ3v) is 10.7. The SMILES string of the molecule is CCOC(COc1cccc(-c2cccc(-c3cccc(COc4cc(OCc5cncc(C#N)c5)c(CN[C@H]5CCCC[C@@H]5O)cc4Cl)c3C)c2C)c1)OCC. The van der Waals surface area contributed by atoms with Crippen molar-refractivity contribution >= 4 is 11.6 Å². The average molecular weight is 790 g/mol. The molecule has 10 heteroatoms. The summed E-state index contributed by atoms with van der Waals surface area (Å²) in [6.45, 7) is 10.5. The van der Waals surface area contributed by atoms with E-state index in [0.29, 0.717) is 55.1 Å². The number of rotatable bonds is 18. The predicted octanol–water partition coefficient (Wildman–Crippen LogP) is 9.89. The van der Waals surface area contributed by atoms with Crippen LogP contribution in [0.3, 0.4) is 0 Å². The monoisotopic (exact) mass is 789 g/mol. The molecule has 298 valence electrons. The zero-order chi connectivity index (χ0) is 40.1. The van der Waals surface area contributed by atoms with E-state index in [1.807, 2.05) is 38.1 Å². The Morgan fingerprint density at radius 2 is 1.53 bits per heavy atom. The Balaban J connectivity index is 1.21. The fourth-order valence-corrected chi connectivity index (χ4v) is 7.54. The number of aliphatic hydroxyl groups excluding tert-OH is 1. The fraction of sp³-hybridized carbons (Fsp3) is 0.362. The molecule has 1 heterocycles. The number of nitrogens with zero attached hydrogens (tertiary/aromatic N) is 2. The molecule has 0 amide bonds. The van der Waals surface area contributed by atoms with Crippen LogP contribution in [0.5, 0.6) is 17.2 Å². The number of hydrogen-bond donors (Lipinski definition) is 2. The molecule has 0 saturated heterocycles. The molecule has 6 rings (SSSR count). The van der Waals surface area contributed by atoms with E-state index in [1.54, 1.807) is 12.3 Å². The molecular formula is C47H52ClN3O6. The van der Waals surface area contributed by atoms with Gasteiger partial charge in [-0.1, -0.05) is 73.0 Å². The topological polar surface area (TPSA) is 115 Å². The van der Waals surface area contributed by atoms with Crippen LogP contribution in [0.15, 0.2) is 91.3 Å². The van der Waals surface area contributed by atoms with Gasteiger partial charge >= 0.3 is 0 Å². The van der Waals surface area contributed by atoms with Crippen molar-refractivity contribution in [2.45, 2.75) is 91.6 Å². The van der Waals surface area contributed by atoms with Crippen molar-refractivity contribution in [3.8, 4) is 45.6 Å². The number of aliphatic hydroxyl groups is 1. The van der Waals surface area contributed by atoms with Crippen molar-refractivity contribution in [2.75, 3.05) is 19.8 Å². The molecule has 2 N–H and O–H groups in total. The molecule has 4 aromatic carbocycles. The molecule has 1 saturated carbocycles. The van der Waals surface area contributed by atoms with Crippen LogP contribution in [-0.2, 0) is 29.2 Å². The lowest BCUT2D eigenvalue weighted by atomic mass is 9.89. The highest BCUT2D eigenvalue weighted by molar-refractivity contribution is 6.32. The summed E-state index contributed by atoms with van der Waals surface area (Å²) in [5.74, 6) is 1.85. The Morgan fingerprint density at radius 3 is 2.30 bits per heavy atom. The number of pyridine rings is 1. The van der Waals surface area contributed by atoms with Gasteiger partial charge in [-0.15, -0.1) is 0 Å². The van der Waals surface area contributed by atoms with Crippen molar-refractivity contribution in [3.63, 3.8) is 0 Å².